The molecule has 0 spiro atoms. The van der Waals surface area contributed by atoms with Gasteiger partial charge in [-0.3, -0.25) is 0 Å². The summed E-state index contributed by atoms with van der Waals surface area (Å²) < 4.78 is 6.79. The Balaban J connectivity index is 1.87. The quantitative estimate of drug-likeness (QED) is 0.912. The molecule has 1 N–H and O–H groups in total. The zero-order chi connectivity index (χ0) is 12.3. The van der Waals surface area contributed by atoms with Gasteiger partial charge in [0.1, 0.15) is 0 Å². The van der Waals surface area contributed by atoms with Crippen molar-refractivity contribution in [3.05, 3.63) is 33.3 Å². The van der Waals surface area contributed by atoms with Crippen LogP contribution in [0.2, 0.25) is 5.02 Å². The summed E-state index contributed by atoms with van der Waals surface area (Å²) in [5.74, 6) is 0. The Bertz CT molecular complexity index is 391. The second kappa shape index (κ2) is 5.70. The third kappa shape index (κ3) is 3.68. The van der Waals surface area contributed by atoms with Gasteiger partial charge in [0.15, 0.2) is 0 Å². The predicted octanol–water partition coefficient (Wildman–Crippen LogP) is 3.76. The summed E-state index contributed by atoms with van der Waals surface area (Å²) in [6, 6.07) is 5.91. The van der Waals surface area contributed by atoms with E-state index in [2.05, 4.69) is 28.2 Å². The second-order valence-corrected chi connectivity index (χ2v) is 6.06. The Hall–Kier alpha value is -0.0900. The van der Waals surface area contributed by atoms with Crippen molar-refractivity contribution < 1.29 is 4.74 Å². The maximum atomic E-state index is 6.13. The van der Waals surface area contributed by atoms with Crippen LogP contribution in [-0.2, 0) is 11.3 Å². The van der Waals surface area contributed by atoms with Crippen molar-refractivity contribution >= 4 is 27.5 Å². The predicted molar refractivity (Wildman–Crippen MR) is 74.4 cm³/mol. The molecule has 0 amide bonds. The molecule has 17 heavy (non-hydrogen) atoms. The molecule has 1 atom stereocenters. The van der Waals surface area contributed by atoms with Crippen LogP contribution < -0.4 is 5.32 Å². The molecule has 94 valence electrons. The maximum absolute atomic E-state index is 6.13. The van der Waals surface area contributed by atoms with E-state index in [-0.39, 0.29) is 5.60 Å². The summed E-state index contributed by atoms with van der Waals surface area (Å²) in [4.78, 5) is 0. The third-order valence-corrected chi connectivity index (χ3v) is 3.98. The molecule has 1 aromatic rings. The lowest BCUT2D eigenvalue weighted by molar-refractivity contribution is 0.0207. The smallest absolute Gasteiger partial charge is 0.0779 e. The fraction of sp³-hybridized carbons (Fsp3) is 0.538. The third-order valence-electron chi connectivity index (χ3n) is 3.12. The van der Waals surface area contributed by atoms with E-state index in [4.69, 9.17) is 16.3 Å². The average Bonchev–Trinajstić information content (AvgIpc) is 2.71. The van der Waals surface area contributed by atoms with Crippen LogP contribution in [0.25, 0.3) is 0 Å². The zero-order valence-electron chi connectivity index (χ0n) is 9.93. The Morgan fingerprint density at radius 3 is 3.06 bits per heavy atom. The molecule has 1 unspecified atom stereocenters. The van der Waals surface area contributed by atoms with Gasteiger partial charge in [0.05, 0.1) is 5.60 Å². The molecule has 0 aromatic heterocycles. The van der Waals surface area contributed by atoms with Crippen LogP contribution in [0.5, 0.6) is 0 Å². The van der Waals surface area contributed by atoms with Crippen molar-refractivity contribution in [2.45, 2.75) is 31.9 Å². The fourth-order valence-corrected chi connectivity index (χ4v) is 2.71. The molecule has 0 saturated carbocycles. The molecule has 2 nitrogen and oxygen atoms in total. The summed E-state index contributed by atoms with van der Waals surface area (Å²) in [7, 11) is 0. The molecule has 4 heteroatoms. The summed E-state index contributed by atoms with van der Waals surface area (Å²) in [5.41, 5.74) is 1.11. The van der Waals surface area contributed by atoms with Crippen molar-refractivity contribution in [3.8, 4) is 0 Å². The van der Waals surface area contributed by atoms with Gasteiger partial charge in [0, 0.05) is 29.2 Å². The van der Waals surface area contributed by atoms with Gasteiger partial charge >= 0.3 is 0 Å². The number of rotatable bonds is 4. The lowest BCUT2D eigenvalue weighted by Crippen LogP contribution is -2.36. The molecular weight excluding hydrogens is 302 g/mol. The highest BCUT2D eigenvalue weighted by Crippen LogP contribution is 2.25. The maximum Gasteiger partial charge on any atom is 0.0779 e. The number of ether oxygens (including phenoxy) is 1. The van der Waals surface area contributed by atoms with Gasteiger partial charge in [-0.05, 0) is 43.5 Å². The lowest BCUT2D eigenvalue weighted by atomic mass is 10.0. The van der Waals surface area contributed by atoms with Crippen LogP contribution >= 0.6 is 27.5 Å². The normalized spacial score (nSPS) is 24.2. The van der Waals surface area contributed by atoms with Gasteiger partial charge in [-0.2, -0.15) is 0 Å². The van der Waals surface area contributed by atoms with E-state index in [0.717, 1.165) is 47.6 Å². The first-order valence-corrected chi connectivity index (χ1v) is 7.05. The van der Waals surface area contributed by atoms with E-state index < -0.39 is 0 Å². The summed E-state index contributed by atoms with van der Waals surface area (Å²) in [6.45, 7) is 4.69. The Morgan fingerprint density at radius 2 is 2.35 bits per heavy atom. The average molecular weight is 319 g/mol. The van der Waals surface area contributed by atoms with Gasteiger partial charge in [0.2, 0.25) is 0 Å². The van der Waals surface area contributed by atoms with Gasteiger partial charge in [-0.25, -0.2) is 0 Å². The van der Waals surface area contributed by atoms with E-state index >= 15 is 0 Å². The van der Waals surface area contributed by atoms with Crippen LogP contribution in [-0.4, -0.2) is 18.8 Å². The molecule has 1 aliphatic heterocycles. The number of nitrogens with one attached hydrogen (secondary N) is 1. The fourth-order valence-electron chi connectivity index (χ4n) is 2.12. The van der Waals surface area contributed by atoms with E-state index in [1.165, 1.54) is 0 Å². The minimum atomic E-state index is -0.00150. The lowest BCUT2D eigenvalue weighted by Gasteiger charge is -2.23. The molecule has 1 aliphatic rings. The molecule has 1 saturated heterocycles. The first kappa shape index (κ1) is 13.3. The number of hydrogen-bond donors (Lipinski definition) is 1. The topological polar surface area (TPSA) is 21.3 Å². The highest BCUT2D eigenvalue weighted by Gasteiger charge is 2.28. The first-order chi connectivity index (χ1) is 8.09. The standard InChI is InChI=1S/C13H17BrClNO/c1-13(5-2-6-17-13)9-16-8-10-7-11(14)3-4-12(10)15/h3-4,7,16H,2,5-6,8-9H2,1H3. The van der Waals surface area contributed by atoms with Crippen molar-refractivity contribution in [1.82, 2.24) is 5.32 Å². The molecule has 0 radical (unpaired) electrons. The van der Waals surface area contributed by atoms with Crippen molar-refractivity contribution in [2.24, 2.45) is 0 Å². The van der Waals surface area contributed by atoms with E-state index in [1.807, 2.05) is 18.2 Å². The molecule has 1 heterocycles. The van der Waals surface area contributed by atoms with Gasteiger partial charge in [-0.15, -0.1) is 0 Å². The highest BCUT2D eigenvalue weighted by molar-refractivity contribution is 9.10. The van der Waals surface area contributed by atoms with Crippen LogP contribution in [0, 0.1) is 0 Å². The zero-order valence-corrected chi connectivity index (χ0v) is 12.3. The largest absolute Gasteiger partial charge is 0.374 e. The van der Waals surface area contributed by atoms with E-state index in [9.17, 15) is 0 Å². The summed E-state index contributed by atoms with van der Waals surface area (Å²) in [6.07, 6.45) is 2.29. The minimum Gasteiger partial charge on any atom is -0.374 e. The van der Waals surface area contributed by atoms with Crippen LogP contribution in [0.4, 0.5) is 0 Å². The van der Waals surface area contributed by atoms with Crippen LogP contribution in [0.1, 0.15) is 25.3 Å². The van der Waals surface area contributed by atoms with E-state index in [1.54, 1.807) is 0 Å². The minimum absolute atomic E-state index is 0.00150. The second-order valence-electron chi connectivity index (χ2n) is 4.74. The molecule has 1 aromatic carbocycles. The van der Waals surface area contributed by atoms with Gasteiger partial charge < -0.3 is 10.1 Å². The molecule has 0 bridgehead atoms. The van der Waals surface area contributed by atoms with Crippen molar-refractivity contribution in [3.63, 3.8) is 0 Å². The number of hydrogen-bond acceptors (Lipinski definition) is 2. The SMILES string of the molecule is CC1(CNCc2cc(Br)ccc2Cl)CCCO1. The molecule has 0 aliphatic carbocycles. The first-order valence-electron chi connectivity index (χ1n) is 5.88. The Morgan fingerprint density at radius 1 is 1.53 bits per heavy atom. The Kier molecular flexibility index (Phi) is 4.47. The molecule has 1 fully saturated rings. The monoisotopic (exact) mass is 317 g/mol. The summed E-state index contributed by atoms with van der Waals surface area (Å²) in [5, 5.41) is 4.23. The summed E-state index contributed by atoms with van der Waals surface area (Å²) >= 11 is 9.59. The van der Waals surface area contributed by atoms with Crippen LogP contribution in [0.15, 0.2) is 22.7 Å². The highest BCUT2D eigenvalue weighted by atomic mass is 79.9. The van der Waals surface area contributed by atoms with Crippen LogP contribution in [0.3, 0.4) is 0 Å². The van der Waals surface area contributed by atoms with E-state index in [0.29, 0.717) is 0 Å². The van der Waals surface area contributed by atoms with Gasteiger partial charge in [0.25, 0.3) is 0 Å². The number of benzene rings is 1. The number of halogens is 2. The molecule has 2 rings (SSSR count). The molecular formula is C13H17BrClNO. The Labute approximate surface area is 116 Å². The van der Waals surface area contributed by atoms with Crippen molar-refractivity contribution in [2.75, 3.05) is 13.2 Å². The van der Waals surface area contributed by atoms with Crippen molar-refractivity contribution in [1.29, 1.82) is 0 Å². The van der Waals surface area contributed by atoms with Gasteiger partial charge in [-0.1, -0.05) is 27.5 Å².